The highest BCUT2D eigenvalue weighted by Gasteiger charge is 2.38. The maximum atomic E-state index is 10.6. The van der Waals surface area contributed by atoms with Gasteiger partial charge >= 0.3 is 18.1 Å². The number of rotatable bonds is 4. The van der Waals surface area contributed by atoms with Crippen LogP contribution in [0, 0.1) is 0 Å². The molecule has 0 aliphatic carbocycles. The summed E-state index contributed by atoms with van der Waals surface area (Å²) in [6.45, 7) is 0.387. The second-order valence-corrected chi connectivity index (χ2v) is 4.88. The lowest BCUT2D eigenvalue weighted by Gasteiger charge is -1.94. The van der Waals surface area contributed by atoms with Crippen molar-refractivity contribution in [2.75, 3.05) is 0 Å². The largest absolute Gasteiger partial charge is 0.490 e. The molecular weight excluding hydrogens is 339 g/mol. The number of hydrogen-bond donors (Lipinski definition) is 2. The third-order valence-electron chi connectivity index (χ3n) is 2.29. The van der Waals surface area contributed by atoms with Gasteiger partial charge in [-0.05, 0) is 5.10 Å². The zero-order valence-electron chi connectivity index (χ0n) is 11.4. The SMILES string of the molecule is O=C(O)C(F)(F)F.O=C(O)CC[n+]1ccc(-c2cncs2)cn1. The molecule has 0 fully saturated rings. The van der Waals surface area contributed by atoms with Crippen LogP contribution in [0.3, 0.4) is 0 Å². The van der Waals surface area contributed by atoms with E-state index in [1.54, 1.807) is 40.1 Å². The first-order valence-corrected chi connectivity index (χ1v) is 6.84. The highest BCUT2D eigenvalue weighted by Crippen LogP contribution is 2.20. The summed E-state index contributed by atoms with van der Waals surface area (Å²) in [5, 5.41) is 19.8. The van der Waals surface area contributed by atoms with Crippen molar-refractivity contribution in [3.05, 3.63) is 30.2 Å². The van der Waals surface area contributed by atoms with E-state index >= 15 is 0 Å². The molecule has 0 radical (unpaired) electrons. The van der Waals surface area contributed by atoms with Gasteiger partial charge in [-0.2, -0.15) is 13.2 Å². The molecule has 0 amide bonds. The molecule has 2 rings (SSSR count). The van der Waals surface area contributed by atoms with Crippen LogP contribution in [-0.4, -0.2) is 38.4 Å². The maximum Gasteiger partial charge on any atom is 0.490 e. The summed E-state index contributed by atoms with van der Waals surface area (Å²) in [7, 11) is 0. The molecule has 0 atom stereocenters. The number of carbonyl (C=O) groups is 2. The standard InChI is InChI=1S/C10H9N3O2S.C2HF3O2/c14-10(15)2-4-13-3-1-8(5-12-13)9-6-11-7-16-9;3-2(4,5)1(6)7/h1,3,5-7H,2,4H2;(H,6,7)/p+1. The summed E-state index contributed by atoms with van der Waals surface area (Å²) in [6, 6.07) is 1.91. The third-order valence-corrected chi connectivity index (χ3v) is 3.11. The van der Waals surface area contributed by atoms with Gasteiger partial charge in [-0.1, -0.05) is 4.68 Å². The Balaban J connectivity index is 0.000000322. The fourth-order valence-corrected chi connectivity index (χ4v) is 1.84. The monoisotopic (exact) mass is 350 g/mol. The van der Waals surface area contributed by atoms with Gasteiger partial charge in [0.1, 0.15) is 12.6 Å². The molecule has 0 aliphatic heterocycles. The smallest absolute Gasteiger partial charge is 0.481 e. The topological polar surface area (TPSA) is 104 Å². The maximum absolute atomic E-state index is 10.6. The number of aliphatic carboxylic acids is 2. The number of alkyl halides is 3. The van der Waals surface area contributed by atoms with Crippen molar-refractivity contribution >= 4 is 23.3 Å². The van der Waals surface area contributed by atoms with Crippen LogP contribution in [0.25, 0.3) is 10.4 Å². The van der Waals surface area contributed by atoms with E-state index in [4.69, 9.17) is 15.0 Å². The van der Waals surface area contributed by atoms with Crippen molar-refractivity contribution < 1.29 is 37.7 Å². The molecule has 2 aromatic rings. The van der Waals surface area contributed by atoms with E-state index in [1.165, 1.54) is 0 Å². The predicted molar refractivity (Wildman–Crippen MR) is 71.5 cm³/mol. The van der Waals surface area contributed by atoms with Crippen LogP contribution in [0.2, 0.25) is 0 Å². The summed E-state index contributed by atoms with van der Waals surface area (Å²) in [5.74, 6) is -3.58. The molecule has 124 valence electrons. The van der Waals surface area contributed by atoms with E-state index < -0.39 is 18.1 Å². The Bertz CT molecular complexity index is 645. The second-order valence-electron chi connectivity index (χ2n) is 3.99. The zero-order valence-corrected chi connectivity index (χ0v) is 12.2. The minimum atomic E-state index is -5.08. The van der Waals surface area contributed by atoms with Gasteiger partial charge in [-0.25, -0.2) is 4.79 Å². The molecular formula is C12H11F3N3O4S+. The van der Waals surface area contributed by atoms with Crippen LogP contribution in [-0.2, 0) is 16.1 Å². The summed E-state index contributed by atoms with van der Waals surface area (Å²) < 4.78 is 33.3. The number of aromatic nitrogens is 3. The van der Waals surface area contributed by atoms with Crippen molar-refractivity contribution in [1.82, 2.24) is 10.1 Å². The number of thiazole rings is 1. The fourth-order valence-electron chi connectivity index (χ4n) is 1.23. The van der Waals surface area contributed by atoms with Crippen LogP contribution in [0.4, 0.5) is 13.2 Å². The minimum absolute atomic E-state index is 0.0809. The van der Waals surface area contributed by atoms with Crippen molar-refractivity contribution in [1.29, 1.82) is 0 Å². The van der Waals surface area contributed by atoms with Crippen LogP contribution in [0.5, 0.6) is 0 Å². The number of aryl methyl sites for hydroxylation is 1. The summed E-state index contributed by atoms with van der Waals surface area (Å²) in [4.78, 5) is 24.3. The highest BCUT2D eigenvalue weighted by atomic mass is 32.1. The van der Waals surface area contributed by atoms with Crippen LogP contribution in [0.1, 0.15) is 6.42 Å². The quantitative estimate of drug-likeness (QED) is 0.812. The van der Waals surface area contributed by atoms with Gasteiger partial charge in [0.2, 0.25) is 0 Å². The Morgan fingerprint density at radius 3 is 2.30 bits per heavy atom. The van der Waals surface area contributed by atoms with Gasteiger partial charge in [0.05, 0.1) is 10.4 Å². The Morgan fingerprint density at radius 1 is 1.26 bits per heavy atom. The minimum Gasteiger partial charge on any atom is -0.481 e. The molecule has 2 N–H and O–H groups in total. The van der Waals surface area contributed by atoms with Crippen molar-refractivity contribution in [2.24, 2.45) is 0 Å². The lowest BCUT2D eigenvalue weighted by molar-refractivity contribution is -0.752. The predicted octanol–water partition coefficient (Wildman–Crippen LogP) is 1.60. The normalized spacial score (nSPS) is 10.6. The number of nitrogens with zero attached hydrogens (tertiary/aromatic N) is 3. The van der Waals surface area contributed by atoms with Gasteiger partial charge in [0.15, 0.2) is 12.7 Å². The van der Waals surface area contributed by atoms with Crippen molar-refractivity contribution in [3.8, 4) is 10.4 Å². The first kappa shape index (κ1) is 18.5. The van der Waals surface area contributed by atoms with E-state index in [1.807, 2.05) is 6.07 Å². The number of hydrogen-bond acceptors (Lipinski definition) is 5. The number of carboxylic acid groups (broad SMARTS) is 2. The zero-order chi connectivity index (χ0) is 17.5. The van der Waals surface area contributed by atoms with Crippen LogP contribution >= 0.6 is 11.3 Å². The molecule has 0 spiro atoms. The molecule has 7 nitrogen and oxygen atoms in total. The Kier molecular flexibility index (Phi) is 6.57. The van der Waals surface area contributed by atoms with E-state index in [-0.39, 0.29) is 6.42 Å². The molecule has 0 bridgehead atoms. The molecule has 0 unspecified atom stereocenters. The molecule has 0 saturated heterocycles. The van der Waals surface area contributed by atoms with E-state index in [0.717, 1.165) is 10.4 Å². The highest BCUT2D eigenvalue weighted by molar-refractivity contribution is 7.13. The van der Waals surface area contributed by atoms with Gasteiger partial charge in [-0.15, -0.1) is 11.3 Å². The molecule has 11 heteroatoms. The molecule has 0 aromatic carbocycles. The second kappa shape index (κ2) is 8.17. The third kappa shape index (κ3) is 6.82. The van der Waals surface area contributed by atoms with E-state index in [9.17, 15) is 18.0 Å². The average Bonchev–Trinajstić information content (AvgIpc) is 2.99. The Morgan fingerprint density at radius 2 is 1.91 bits per heavy atom. The van der Waals surface area contributed by atoms with E-state index in [2.05, 4.69) is 10.1 Å². The fraction of sp³-hybridized carbons (Fsp3) is 0.250. The van der Waals surface area contributed by atoms with Crippen molar-refractivity contribution in [2.45, 2.75) is 19.1 Å². The molecule has 2 aromatic heterocycles. The Labute approximate surface area is 131 Å². The number of carboxylic acids is 2. The summed E-state index contributed by atoms with van der Waals surface area (Å²) in [5.41, 5.74) is 2.76. The van der Waals surface area contributed by atoms with Gasteiger partial charge in [0, 0.05) is 17.8 Å². The molecule has 2 heterocycles. The Hall–Kier alpha value is -2.56. The van der Waals surface area contributed by atoms with Gasteiger partial charge < -0.3 is 10.2 Å². The lowest BCUT2D eigenvalue weighted by Crippen LogP contribution is -2.38. The first-order chi connectivity index (χ1) is 10.7. The van der Waals surface area contributed by atoms with Crippen LogP contribution < -0.4 is 4.68 Å². The van der Waals surface area contributed by atoms with Gasteiger partial charge in [-0.3, -0.25) is 9.78 Å². The van der Waals surface area contributed by atoms with Crippen molar-refractivity contribution in [3.63, 3.8) is 0 Å². The van der Waals surface area contributed by atoms with Crippen LogP contribution in [0.15, 0.2) is 30.2 Å². The average molecular weight is 350 g/mol. The molecule has 0 saturated carbocycles. The lowest BCUT2D eigenvalue weighted by atomic mass is 10.3. The molecule has 23 heavy (non-hydrogen) atoms. The van der Waals surface area contributed by atoms with Gasteiger partial charge in [0.25, 0.3) is 0 Å². The summed E-state index contributed by atoms with van der Waals surface area (Å²) in [6.07, 6.45) is 0.272. The summed E-state index contributed by atoms with van der Waals surface area (Å²) >= 11 is 1.55. The van der Waals surface area contributed by atoms with E-state index in [0.29, 0.717) is 6.54 Å². The number of halogens is 3. The first-order valence-electron chi connectivity index (χ1n) is 5.96. The molecule has 0 aliphatic rings.